The average Bonchev–Trinajstić information content (AvgIpc) is 2.94. The first-order chi connectivity index (χ1) is 7.88. The van der Waals surface area contributed by atoms with Crippen molar-refractivity contribution in [2.45, 2.75) is 25.3 Å². The van der Waals surface area contributed by atoms with E-state index in [2.05, 4.69) is 11.1 Å². The molecule has 0 radical (unpaired) electrons. The Bertz CT molecular complexity index is 504. The maximum absolute atomic E-state index is 5.71. The smallest absolute Gasteiger partial charge is 0.117 e. The predicted molar refractivity (Wildman–Crippen MR) is 61.0 cm³/mol. The Morgan fingerprint density at radius 1 is 1.38 bits per heavy atom. The molecule has 3 rings (SSSR count). The maximum atomic E-state index is 5.71. The number of pyridine rings is 1. The Hall–Kier alpha value is -1.61. The van der Waals surface area contributed by atoms with Gasteiger partial charge in [0.1, 0.15) is 11.5 Å². The van der Waals surface area contributed by atoms with Crippen molar-refractivity contribution < 1.29 is 4.42 Å². The number of rotatable bonds is 2. The average molecular weight is 214 g/mol. The molecule has 0 amide bonds. The summed E-state index contributed by atoms with van der Waals surface area (Å²) in [6.07, 6.45) is 4.03. The van der Waals surface area contributed by atoms with E-state index in [9.17, 15) is 0 Å². The quantitative estimate of drug-likeness (QED) is 0.833. The van der Waals surface area contributed by atoms with E-state index >= 15 is 0 Å². The van der Waals surface area contributed by atoms with Crippen molar-refractivity contribution in [3.8, 4) is 0 Å². The van der Waals surface area contributed by atoms with Crippen molar-refractivity contribution in [2.75, 3.05) is 0 Å². The minimum absolute atomic E-state index is 0.316. The van der Waals surface area contributed by atoms with Crippen molar-refractivity contribution in [1.29, 1.82) is 0 Å². The molecule has 1 aliphatic rings. The third-order valence-electron chi connectivity index (χ3n) is 3.19. The van der Waals surface area contributed by atoms with Gasteiger partial charge in [0.2, 0.25) is 0 Å². The van der Waals surface area contributed by atoms with Gasteiger partial charge in [0.25, 0.3) is 0 Å². The summed E-state index contributed by atoms with van der Waals surface area (Å²) in [4.78, 5) is 4.46. The topological polar surface area (TPSA) is 52.0 Å². The van der Waals surface area contributed by atoms with Gasteiger partial charge >= 0.3 is 0 Å². The fourth-order valence-electron chi connectivity index (χ4n) is 2.38. The Kier molecular flexibility index (Phi) is 2.26. The first kappa shape index (κ1) is 9.60. The zero-order valence-electron chi connectivity index (χ0n) is 9.02. The number of furan rings is 1. The predicted octanol–water partition coefficient (Wildman–Crippen LogP) is 2.21. The number of nitrogens with two attached hydrogens (primary N) is 1. The maximum Gasteiger partial charge on any atom is 0.117 e. The summed E-state index contributed by atoms with van der Waals surface area (Å²) in [7, 11) is 0. The van der Waals surface area contributed by atoms with Crippen LogP contribution in [0, 0.1) is 0 Å². The molecular weight excluding hydrogens is 200 g/mol. The van der Waals surface area contributed by atoms with Crippen LogP contribution in [0.2, 0.25) is 0 Å². The van der Waals surface area contributed by atoms with Crippen LogP contribution < -0.4 is 5.73 Å². The Balaban J connectivity index is 1.98. The van der Waals surface area contributed by atoms with E-state index in [-0.39, 0.29) is 0 Å². The summed E-state index contributed by atoms with van der Waals surface area (Å²) < 4.78 is 5.71. The second kappa shape index (κ2) is 3.76. The number of nitrogens with zero attached hydrogens (tertiary/aromatic N) is 1. The molecule has 0 spiro atoms. The number of hydrogen-bond donors (Lipinski definition) is 1. The third kappa shape index (κ3) is 1.44. The van der Waals surface area contributed by atoms with Crippen LogP contribution in [-0.4, -0.2) is 4.98 Å². The first-order valence-electron chi connectivity index (χ1n) is 5.61. The molecule has 0 aromatic carbocycles. The van der Waals surface area contributed by atoms with Crippen LogP contribution in [-0.2, 0) is 13.0 Å². The van der Waals surface area contributed by atoms with E-state index in [1.807, 2.05) is 24.4 Å². The van der Waals surface area contributed by atoms with Crippen LogP contribution in [0.15, 0.2) is 34.9 Å². The molecule has 2 heterocycles. The van der Waals surface area contributed by atoms with E-state index < -0.39 is 0 Å². The van der Waals surface area contributed by atoms with Gasteiger partial charge in [0.15, 0.2) is 0 Å². The molecule has 1 atom stereocenters. The normalized spacial score (nSPS) is 18.7. The molecular formula is C13H14N2O. The van der Waals surface area contributed by atoms with Gasteiger partial charge in [-0.15, -0.1) is 0 Å². The lowest BCUT2D eigenvalue weighted by Crippen LogP contribution is -1.97. The highest BCUT2D eigenvalue weighted by molar-refractivity contribution is 5.34. The van der Waals surface area contributed by atoms with Crippen LogP contribution >= 0.6 is 0 Å². The number of aryl methyl sites for hydroxylation is 1. The van der Waals surface area contributed by atoms with Gasteiger partial charge in [-0.2, -0.15) is 0 Å². The molecule has 0 fully saturated rings. The number of fused-ring (bicyclic) bond motifs is 1. The van der Waals surface area contributed by atoms with Gasteiger partial charge in [-0.1, -0.05) is 6.07 Å². The molecule has 0 bridgehead atoms. The summed E-state index contributed by atoms with van der Waals surface area (Å²) in [6, 6.07) is 8.12. The Labute approximate surface area is 94.3 Å². The monoisotopic (exact) mass is 214 g/mol. The second-order valence-electron chi connectivity index (χ2n) is 4.15. The molecule has 2 aromatic heterocycles. The van der Waals surface area contributed by atoms with Crippen LogP contribution in [0.3, 0.4) is 0 Å². The van der Waals surface area contributed by atoms with Crippen molar-refractivity contribution in [2.24, 2.45) is 5.73 Å². The zero-order valence-corrected chi connectivity index (χ0v) is 9.02. The summed E-state index contributed by atoms with van der Waals surface area (Å²) in [5.74, 6) is 2.16. The standard InChI is InChI=1S/C13H14N2O/c14-8-10-4-6-12(16-10)11-5-3-9-2-1-7-15-13(9)11/h1-2,4,6-7,11H,3,5,8,14H2. The summed E-state index contributed by atoms with van der Waals surface area (Å²) in [5.41, 5.74) is 8.06. The lowest BCUT2D eigenvalue weighted by atomic mass is 10.0. The van der Waals surface area contributed by atoms with Gasteiger partial charge < -0.3 is 10.2 Å². The SMILES string of the molecule is NCc1ccc(C2CCc3cccnc32)o1. The van der Waals surface area contributed by atoms with E-state index in [0.29, 0.717) is 12.5 Å². The van der Waals surface area contributed by atoms with Crippen LogP contribution in [0.4, 0.5) is 0 Å². The molecule has 1 aliphatic carbocycles. The second-order valence-corrected chi connectivity index (χ2v) is 4.15. The number of hydrogen-bond acceptors (Lipinski definition) is 3. The largest absolute Gasteiger partial charge is 0.464 e. The summed E-state index contributed by atoms with van der Waals surface area (Å²) >= 11 is 0. The Morgan fingerprint density at radius 3 is 3.12 bits per heavy atom. The van der Waals surface area contributed by atoms with Gasteiger partial charge in [-0.05, 0) is 36.6 Å². The lowest BCUT2D eigenvalue weighted by Gasteiger charge is -2.06. The van der Waals surface area contributed by atoms with E-state index in [0.717, 1.165) is 24.4 Å². The van der Waals surface area contributed by atoms with Gasteiger partial charge in [-0.25, -0.2) is 0 Å². The fourth-order valence-corrected chi connectivity index (χ4v) is 2.38. The molecule has 1 unspecified atom stereocenters. The van der Waals surface area contributed by atoms with E-state index in [1.54, 1.807) is 0 Å². The van der Waals surface area contributed by atoms with Crippen molar-refractivity contribution in [3.05, 3.63) is 53.2 Å². The molecule has 0 saturated carbocycles. The fraction of sp³-hybridized carbons (Fsp3) is 0.308. The van der Waals surface area contributed by atoms with E-state index in [4.69, 9.17) is 10.2 Å². The van der Waals surface area contributed by atoms with E-state index in [1.165, 1.54) is 11.3 Å². The van der Waals surface area contributed by atoms with Crippen molar-refractivity contribution >= 4 is 0 Å². The molecule has 2 aromatic rings. The molecule has 2 N–H and O–H groups in total. The highest BCUT2D eigenvalue weighted by Crippen LogP contribution is 2.37. The number of aromatic nitrogens is 1. The van der Waals surface area contributed by atoms with Gasteiger partial charge in [0.05, 0.1) is 18.2 Å². The van der Waals surface area contributed by atoms with Crippen LogP contribution in [0.25, 0.3) is 0 Å². The van der Waals surface area contributed by atoms with Crippen molar-refractivity contribution in [3.63, 3.8) is 0 Å². The van der Waals surface area contributed by atoms with Crippen molar-refractivity contribution in [1.82, 2.24) is 4.98 Å². The minimum atomic E-state index is 0.316. The highest BCUT2D eigenvalue weighted by Gasteiger charge is 2.27. The molecule has 16 heavy (non-hydrogen) atoms. The van der Waals surface area contributed by atoms with Crippen LogP contribution in [0.5, 0.6) is 0 Å². The molecule has 0 saturated heterocycles. The minimum Gasteiger partial charge on any atom is -0.464 e. The molecule has 82 valence electrons. The van der Waals surface area contributed by atoms with Gasteiger partial charge in [0, 0.05) is 6.20 Å². The lowest BCUT2D eigenvalue weighted by molar-refractivity contribution is 0.445. The molecule has 3 heteroatoms. The first-order valence-corrected chi connectivity index (χ1v) is 5.61. The summed E-state index contributed by atoms with van der Waals surface area (Å²) in [5, 5.41) is 0. The molecule has 0 aliphatic heterocycles. The highest BCUT2D eigenvalue weighted by atomic mass is 16.3. The summed E-state index contributed by atoms with van der Waals surface area (Å²) in [6.45, 7) is 0.460. The zero-order chi connectivity index (χ0) is 11.0. The molecule has 3 nitrogen and oxygen atoms in total. The third-order valence-corrected chi connectivity index (χ3v) is 3.19. The Morgan fingerprint density at radius 2 is 2.31 bits per heavy atom. The van der Waals surface area contributed by atoms with Gasteiger partial charge in [-0.3, -0.25) is 4.98 Å². The van der Waals surface area contributed by atoms with Crippen LogP contribution in [0.1, 0.15) is 35.1 Å².